The van der Waals surface area contributed by atoms with Crippen molar-refractivity contribution >= 4 is 47.2 Å². The number of halogens is 1. The van der Waals surface area contributed by atoms with Crippen molar-refractivity contribution in [1.29, 1.82) is 0 Å². The van der Waals surface area contributed by atoms with Gasteiger partial charge < -0.3 is 15.5 Å². The summed E-state index contributed by atoms with van der Waals surface area (Å²) in [5.41, 5.74) is 2.92. The molecule has 0 spiro atoms. The number of hydrogen-bond donors (Lipinski definition) is 2. The standard InChI is InChI=1S/C23H33N5OS.HI/c1-4-24-23(26-15-21-27-20(16-30-21)17(2)3)25-14-18-9-8-10-19(13-18)22(29)28-11-6-5-7-12-28;/h8-10,13,16-17H,4-7,11-12,14-15H2,1-3H3,(H2,24,25,26);1H. The Bertz CT molecular complexity index is 861. The summed E-state index contributed by atoms with van der Waals surface area (Å²) in [4.78, 5) is 24.1. The first-order chi connectivity index (χ1) is 14.6. The number of rotatable bonds is 7. The van der Waals surface area contributed by atoms with Crippen LogP contribution in [0.5, 0.6) is 0 Å². The smallest absolute Gasteiger partial charge is 0.253 e. The van der Waals surface area contributed by atoms with Crippen LogP contribution in [0.1, 0.15) is 72.6 Å². The number of nitrogens with one attached hydrogen (secondary N) is 2. The van der Waals surface area contributed by atoms with Crippen molar-refractivity contribution < 1.29 is 4.79 Å². The van der Waals surface area contributed by atoms with Crippen molar-refractivity contribution in [2.24, 2.45) is 4.99 Å². The number of thiazole rings is 1. The third-order valence-electron chi connectivity index (χ3n) is 5.15. The maximum atomic E-state index is 12.8. The topological polar surface area (TPSA) is 69.6 Å². The summed E-state index contributed by atoms with van der Waals surface area (Å²) in [6, 6.07) is 7.85. The lowest BCUT2D eigenvalue weighted by Crippen LogP contribution is -2.36. The second-order valence-electron chi connectivity index (χ2n) is 7.92. The van der Waals surface area contributed by atoms with Crippen LogP contribution in [0, 0.1) is 0 Å². The summed E-state index contributed by atoms with van der Waals surface area (Å²) in [5.74, 6) is 1.33. The van der Waals surface area contributed by atoms with Crippen LogP contribution in [0.15, 0.2) is 34.6 Å². The fraction of sp³-hybridized carbons (Fsp3) is 0.522. The quantitative estimate of drug-likeness (QED) is 0.294. The number of guanidine groups is 1. The van der Waals surface area contributed by atoms with Gasteiger partial charge in [-0.25, -0.2) is 9.98 Å². The third kappa shape index (κ3) is 7.75. The maximum absolute atomic E-state index is 12.8. The van der Waals surface area contributed by atoms with E-state index in [0.29, 0.717) is 19.0 Å². The molecule has 1 aromatic carbocycles. The molecule has 2 heterocycles. The number of hydrogen-bond acceptors (Lipinski definition) is 4. The summed E-state index contributed by atoms with van der Waals surface area (Å²) in [6.45, 7) is 10.0. The first kappa shape index (κ1) is 25.6. The van der Waals surface area contributed by atoms with Crippen LogP contribution in [0.25, 0.3) is 0 Å². The Morgan fingerprint density at radius 1 is 1.23 bits per heavy atom. The second-order valence-corrected chi connectivity index (χ2v) is 8.87. The van der Waals surface area contributed by atoms with Crippen molar-refractivity contribution in [3.8, 4) is 0 Å². The van der Waals surface area contributed by atoms with Gasteiger partial charge >= 0.3 is 0 Å². The van der Waals surface area contributed by atoms with Gasteiger partial charge in [0.2, 0.25) is 0 Å². The molecule has 6 nitrogen and oxygen atoms in total. The van der Waals surface area contributed by atoms with Crippen molar-refractivity contribution in [1.82, 2.24) is 20.5 Å². The lowest BCUT2D eigenvalue weighted by atomic mass is 10.1. The summed E-state index contributed by atoms with van der Waals surface area (Å²) in [6.07, 6.45) is 3.43. The predicted octanol–water partition coefficient (Wildman–Crippen LogP) is 4.77. The van der Waals surface area contributed by atoms with Crippen LogP contribution in [0.3, 0.4) is 0 Å². The van der Waals surface area contributed by atoms with Crippen LogP contribution in [-0.2, 0) is 13.1 Å². The maximum Gasteiger partial charge on any atom is 0.253 e. The average Bonchev–Trinajstić information content (AvgIpc) is 3.25. The summed E-state index contributed by atoms with van der Waals surface area (Å²) < 4.78 is 0. The minimum atomic E-state index is 0. The predicted molar refractivity (Wildman–Crippen MR) is 139 cm³/mol. The highest BCUT2D eigenvalue weighted by atomic mass is 127. The molecule has 1 amide bonds. The fourth-order valence-corrected chi connectivity index (χ4v) is 4.32. The number of aromatic nitrogens is 1. The number of amides is 1. The Labute approximate surface area is 207 Å². The van der Waals surface area contributed by atoms with Crippen LogP contribution >= 0.6 is 35.3 Å². The highest BCUT2D eigenvalue weighted by molar-refractivity contribution is 14.0. The van der Waals surface area contributed by atoms with E-state index in [2.05, 4.69) is 41.8 Å². The molecule has 0 bridgehead atoms. The molecule has 2 aromatic rings. The highest BCUT2D eigenvalue weighted by Gasteiger charge is 2.18. The molecule has 0 saturated carbocycles. The average molecular weight is 556 g/mol. The molecule has 2 N–H and O–H groups in total. The Morgan fingerprint density at radius 3 is 2.68 bits per heavy atom. The number of aliphatic imine (C=N–C) groups is 1. The number of likely N-dealkylation sites (tertiary alicyclic amines) is 1. The summed E-state index contributed by atoms with van der Waals surface area (Å²) in [5, 5.41) is 9.82. The minimum absolute atomic E-state index is 0. The Balaban J connectivity index is 0.00000341. The van der Waals surface area contributed by atoms with E-state index < -0.39 is 0 Å². The minimum Gasteiger partial charge on any atom is -0.357 e. The van der Waals surface area contributed by atoms with Gasteiger partial charge in [-0.2, -0.15) is 0 Å². The van der Waals surface area contributed by atoms with Crippen molar-refractivity contribution in [3.05, 3.63) is 51.5 Å². The second kappa shape index (κ2) is 13.0. The van der Waals surface area contributed by atoms with Gasteiger partial charge in [0.05, 0.1) is 18.8 Å². The Morgan fingerprint density at radius 2 is 2.00 bits per heavy atom. The van der Waals surface area contributed by atoms with Gasteiger partial charge in [-0.05, 0) is 49.8 Å². The number of benzene rings is 1. The lowest BCUT2D eigenvalue weighted by molar-refractivity contribution is 0.0724. The molecule has 1 aromatic heterocycles. The molecule has 1 aliphatic heterocycles. The number of piperidine rings is 1. The van der Waals surface area contributed by atoms with Gasteiger partial charge in [-0.15, -0.1) is 35.3 Å². The molecule has 1 saturated heterocycles. The van der Waals surface area contributed by atoms with E-state index in [-0.39, 0.29) is 29.9 Å². The zero-order valence-electron chi connectivity index (χ0n) is 18.7. The monoisotopic (exact) mass is 555 g/mol. The molecular weight excluding hydrogens is 521 g/mol. The largest absolute Gasteiger partial charge is 0.357 e. The van der Waals surface area contributed by atoms with Gasteiger partial charge in [-0.3, -0.25) is 4.79 Å². The Kier molecular flexibility index (Phi) is 10.7. The lowest BCUT2D eigenvalue weighted by Gasteiger charge is -2.26. The van der Waals surface area contributed by atoms with Crippen molar-refractivity contribution in [2.75, 3.05) is 19.6 Å². The number of carbonyl (C=O) groups is 1. The molecule has 0 aliphatic carbocycles. The molecule has 31 heavy (non-hydrogen) atoms. The first-order valence-corrected chi connectivity index (χ1v) is 11.8. The molecule has 0 unspecified atom stereocenters. The molecular formula is C23H34IN5OS. The molecule has 1 aliphatic rings. The zero-order chi connectivity index (χ0) is 21.3. The third-order valence-corrected chi connectivity index (χ3v) is 6.02. The van der Waals surface area contributed by atoms with Crippen LogP contribution in [0.2, 0.25) is 0 Å². The van der Waals surface area contributed by atoms with Gasteiger partial charge in [0.15, 0.2) is 5.96 Å². The van der Waals surface area contributed by atoms with Crippen LogP contribution < -0.4 is 10.6 Å². The van der Waals surface area contributed by atoms with Gasteiger partial charge in [0.25, 0.3) is 5.91 Å². The van der Waals surface area contributed by atoms with Crippen molar-refractivity contribution in [3.63, 3.8) is 0 Å². The summed E-state index contributed by atoms with van der Waals surface area (Å²) in [7, 11) is 0. The molecule has 8 heteroatoms. The van der Waals surface area contributed by atoms with E-state index in [4.69, 9.17) is 4.99 Å². The molecule has 1 fully saturated rings. The van der Waals surface area contributed by atoms with E-state index in [9.17, 15) is 4.79 Å². The molecule has 0 atom stereocenters. The van der Waals surface area contributed by atoms with Crippen molar-refractivity contribution in [2.45, 2.75) is 59.0 Å². The van der Waals surface area contributed by atoms with E-state index >= 15 is 0 Å². The van der Waals surface area contributed by atoms with E-state index in [0.717, 1.165) is 60.3 Å². The fourth-order valence-electron chi connectivity index (χ4n) is 3.43. The van der Waals surface area contributed by atoms with E-state index in [1.54, 1.807) is 11.3 Å². The molecule has 3 rings (SSSR count). The van der Waals surface area contributed by atoms with Crippen LogP contribution in [-0.4, -0.2) is 41.4 Å². The Hall–Kier alpha value is -1.68. The highest BCUT2D eigenvalue weighted by Crippen LogP contribution is 2.17. The molecule has 0 radical (unpaired) electrons. The van der Waals surface area contributed by atoms with E-state index in [1.807, 2.05) is 29.2 Å². The van der Waals surface area contributed by atoms with Gasteiger partial charge in [-0.1, -0.05) is 26.0 Å². The summed E-state index contributed by atoms with van der Waals surface area (Å²) >= 11 is 1.67. The number of carbonyl (C=O) groups excluding carboxylic acids is 1. The first-order valence-electron chi connectivity index (χ1n) is 10.9. The van der Waals surface area contributed by atoms with Gasteiger partial charge in [0, 0.05) is 30.6 Å². The van der Waals surface area contributed by atoms with Crippen LogP contribution in [0.4, 0.5) is 0 Å². The van der Waals surface area contributed by atoms with E-state index in [1.165, 1.54) is 6.42 Å². The SMILES string of the molecule is CCNC(=NCc1cccc(C(=O)N2CCCCC2)c1)NCc1nc(C(C)C)cs1.I. The molecule has 170 valence electrons. The normalized spacial score (nSPS) is 14.3. The zero-order valence-corrected chi connectivity index (χ0v) is 21.8. The van der Waals surface area contributed by atoms with Gasteiger partial charge in [0.1, 0.15) is 5.01 Å². The number of nitrogens with zero attached hydrogens (tertiary/aromatic N) is 3.